The Hall–Kier alpha value is -2.90. The fourth-order valence-electron chi connectivity index (χ4n) is 4.65. The molecule has 8 heteroatoms. The average molecular weight is 441 g/mol. The molecule has 2 aliphatic carbocycles. The molecular formula is C24H33FN6O. The summed E-state index contributed by atoms with van der Waals surface area (Å²) in [5.41, 5.74) is 3.80. The first kappa shape index (κ1) is 22.3. The van der Waals surface area contributed by atoms with Crippen LogP contribution < -0.4 is 20.9 Å². The van der Waals surface area contributed by atoms with E-state index in [4.69, 9.17) is 9.97 Å². The van der Waals surface area contributed by atoms with E-state index in [0.717, 1.165) is 49.9 Å². The van der Waals surface area contributed by atoms with Gasteiger partial charge in [-0.2, -0.15) is 4.98 Å². The lowest BCUT2D eigenvalue weighted by Crippen LogP contribution is -2.42. The number of nitrogens with zero attached hydrogens (tertiary/aromatic N) is 3. The quantitative estimate of drug-likeness (QED) is 0.641. The minimum atomic E-state index is -0.362. The molecule has 2 amide bonds. The van der Waals surface area contributed by atoms with Crippen LogP contribution in [0.15, 0.2) is 18.2 Å². The molecule has 0 bridgehead atoms. The Morgan fingerprint density at radius 3 is 2.53 bits per heavy atom. The van der Waals surface area contributed by atoms with Crippen molar-refractivity contribution in [3.8, 4) is 0 Å². The first-order valence-electron chi connectivity index (χ1n) is 11.6. The van der Waals surface area contributed by atoms with E-state index in [0.29, 0.717) is 17.7 Å². The highest BCUT2D eigenvalue weighted by molar-refractivity contribution is 5.90. The van der Waals surface area contributed by atoms with E-state index in [9.17, 15) is 9.18 Å². The largest absolute Gasteiger partial charge is 0.362 e. The number of hydrogen-bond acceptors (Lipinski definition) is 5. The number of halogens is 1. The number of amides is 2. The molecule has 0 radical (unpaired) electrons. The molecule has 1 saturated carbocycles. The van der Waals surface area contributed by atoms with E-state index in [2.05, 4.69) is 20.9 Å². The smallest absolute Gasteiger partial charge is 0.319 e. The number of aromatic nitrogens is 2. The number of urea groups is 1. The van der Waals surface area contributed by atoms with Gasteiger partial charge in [-0.25, -0.2) is 14.2 Å². The number of anilines is 3. The van der Waals surface area contributed by atoms with Gasteiger partial charge in [0.2, 0.25) is 5.95 Å². The van der Waals surface area contributed by atoms with Gasteiger partial charge < -0.3 is 20.9 Å². The van der Waals surface area contributed by atoms with Crippen LogP contribution in [0.25, 0.3) is 0 Å². The average Bonchev–Trinajstić information content (AvgIpc) is 2.77. The molecule has 32 heavy (non-hydrogen) atoms. The number of carbonyl (C=O) groups is 1. The fourth-order valence-corrected chi connectivity index (χ4v) is 4.65. The summed E-state index contributed by atoms with van der Waals surface area (Å²) in [6.45, 7) is 1.84. The lowest BCUT2D eigenvalue weighted by Gasteiger charge is -2.30. The molecule has 0 spiro atoms. The van der Waals surface area contributed by atoms with E-state index >= 15 is 0 Å². The Balaban J connectivity index is 1.31. The van der Waals surface area contributed by atoms with Crippen LogP contribution in [0.3, 0.4) is 0 Å². The number of aryl methyl sites for hydroxylation is 2. The summed E-state index contributed by atoms with van der Waals surface area (Å²) in [4.78, 5) is 24.1. The van der Waals surface area contributed by atoms with E-state index in [1.54, 1.807) is 6.07 Å². The van der Waals surface area contributed by atoms with Crippen molar-refractivity contribution < 1.29 is 9.18 Å². The predicted molar refractivity (Wildman–Crippen MR) is 126 cm³/mol. The van der Waals surface area contributed by atoms with Gasteiger partial charge in [0.15, 0.2) is 0 Å². The van der Waals surface area contributed by atoms with Gasteiger partial charge in [-0.1, -0.05) is 6.07 Å². The highest BCUT2D eigenvalue weighted by atomic mass is 19.1. The maximum absolute atomic E-state index is 13.4. The Morgan fingerprint density at radius 2 is 1.78 bits per heavy atom. The lowest BCUT2D eigenvalue weighted by atomic mass is 9.91. The molecule has 1 aromatic heterocycles. The molecule has 0 unspecified atom stereocenters. The molecule has 2 aliphatic rings. The molecule has 3 N–H and O–H groups in total. The highest BCUT2D eigenvalue weighted by Gasteiger charge is 2.25. The van der Waals surface area contributed by atoms with Gasteiger partial charge in [0.05, 0.1) is 5.69 Å². The predicted octanol–water partition coefficient (Wildman–Crippen LogP) is 4.41. The van der Waals surface area contributed by atoms with Crippen molar-refractivity contribution in [2.45, 2.75) is 70.4 Å². The minimum absolute atomic E-state index is 0.101. The topological polar surface area (TPSA) is 82.2 Å². The second-order valence-electron chi connectivity index (χ2n) is 9.15. The summed E-state index contributed by atoms with van der Waals surface area (Å²) >= 11 is 0. The van der Waals surface area contributed by atoms with Gasteiger partial charge in [-0.15, -0.1) is 0 Å². The Bertz CT molecular complexity index is 971. The standard InChI is InChI=1S/C24H33FN6O/c1-15-8-9-16(25)14-21(15)29-24(32)27-18-12-10-17(11-13-18)26-23-28-20-7-5-4-6-19(20)22(30-23)31(2)3/h8-9,14,17-18H,4-7,10-13H2,1-3H3,(H,26,28,30)(H2,27,29,32). The summed E-state index contributed by atoms with van der Waals surface area (Å²) < 4.78 is 13.4. The zero-order valence-electron chi connectivity index (χ0n) is 19.2. The second kappa shape index (κ2) is 9.71. The van der Waals surface area contributed by atoms with Crippen molar-refractivity contribution in [2.24, 2.45) is 0 Å². The molecule has 1 aromatic carbocycles. The van der Waals surface area contributed by atoms with Gasteiger partial charge in [-0.3, -0.25) is 0 Å². The second-order valence-corrected chi connectivity index (χ2v) is 9.15. The van der Waals surface area contributed by atoms with Crippen LogP contribution in [-0.4, -0.2) is 42.2 Å². The van der Waals surface area contributed by atoms with Crippen molar-refractivity contribution >= 4 is 23.5 Å². The number of nitrogens with one attached hydrogen (secondary N) is 3. The lowest BCUT2D eigenvalue weighted by molar-refractivity contribution is 0.243. The Labute approximate surface area is 189 Å². The molecule has 1 fully saturated rings. The number of carbonyl (C=O) groups excluding carboxylic acids is 1. The van der Waals surface area contributed by atoms with Gasteiger partial charge in [0.25, 0.3) is 0 Å². The zero-order valence-corrected chi connectivity index (χ0v) is 19.2. The first-order chi connectivity index (χ1) is 15.4. The van der Waals surface area contributed by atoms with Gasteiger partial charge >= 0.3 is 6.03 Å². The Morgan fingerprint density at radius 1 is 1.06 bits per heavy atom. The normalized spacial score (nSPS) is 20.2. The van der Waals surface area contributed by atoms with Crippen LogP contribution in [0.4, 0.5) is 26.6 Å². The van der Waals surface area contributed by atoms with Crippen LogP contribution in [0.5, 0.6) is 0 Å². The van der Waals surface area contributed by atoms with Crippen molar-refractivity contribution in [3.63, 3.8) is 0 Å². The van der Waals surface area contributed by atoms with Crippen molar-refractivity contribution in [1.29, 1.82) is 0 Å². The molecule has 1 heterocycles. The molecular weight excluding hydrogens is 407 g/mol. The summed E-state index contributed by atoms with van der Waals surface area (Å²) in [6, 6.07) is 4.49. The SMILES string of the molecule is Cc1ccc(F)cc1NC(=O)NC1CCC(Nc2nc3c(c(N(C)C)n2)CCCC3)CC1. The van der Waals surface area contributed by atoms with Crippen LogP contribution in [-0.2, 0) is 12.8 Å². The highest BCUT2D eigenvalue weighted by Crippen LogP contribution is 2.29. The third-order valence-corrected chi connectivity index (χ3v) is 6.43. The molecule has 7 nitrogen and oxygen atoms in total. The molecule has 0 saturated heterocycles. The van der Waals surface area contributed by atoms with Gasteiger partial charge in [0, 0.05) is 37.4 Å². The number of benzene rings is 1. The first-order valence-corrected chi connectivity index (χ1v) is 11.6. The van der Waals surface area contributed by atoms with Crippen LogP contribution in [0.2, 0.25) is 0 Å². The Kier molecular flexibility index (Phi) is 6.77. The van der Waals surface area contributed by atoms with Crippen LogP contribution in [0, 0.1) is 12.7 Å². The molecule has 2 aromatic rings. The molecule has 172 valence electrons. The number of rotatable bonds is 5. The zero-order chi connectivity index (χ0) is 22.7. The maximum Gasteiger partial charge on any atom is 0.319 e. The van der Waals surface area contributed by atoms with E-state index in [1.807, 2.05) is 21.0 Å². The van der Waals surface area contributed by atoms with E-state index in [1.165, 1.54) is 36.2 Å². The van der Waals surface area contributed by atoms with E-state index < -0.39 is 0 Å². The van der Waals surface area contributed by atoms with Gasteiger partial charge in [0.1, 0.15) is 11.6 Å². The summed E-state index contributed by atoms with van der Waals surface area (Å²) in [5.74, 6) is 1.38. The third kappa shape index (κ3) is 5.29. The van der Waals surface area contributed by atoms with Crippen LogP contribution in [0.1, 0.15) is 55.3 Å². The number of hydrogen-bond donors (Lipinski definition) is 3. The van der Waals surface area contributed by atoms with Gasteiger partial charge in [-0.05, 0) is 76.0 Å². The van der Waals surface area contributed by atoms with Crippen molar-refractivity contribution in [2.75, 3.05) is 29.6 Å². The van der Waals surface area contributed by atoms with Crippen molar-refractivity contribution in [3.05, 3.63) is 40.8 Å². The van der Waals surface area contributed by atoms with E-state index in [-0.39, 0.29) is 17.9 Å². The minimum Gasteiger partial charge on any atom is -0.362 e. The summed E-state index contributed by atoms with van der Waals surface area (Å²) in [6.07, 6.45) is 8.07. The number of fused-ring (bicyclic) bond motifs is 1. The monoisotopic (exact) mass is 440 g/mol. The third-order valence-electron chi connectivity index (χ3n) is 6.43. The summed E-state index contributed by atoms with van der Waals surface area (Å²) in [7, 11) is 4.07. The maximum atomic E-state index is 13.4. The molecule has 4 rings (SSSR count). The summed E-state index contributed by atoms with van der Waals surface area (Å²) in [5, 5.41) is 9.32. The van der Waals surface area contributed by atoms with Crippen LogP contribution >= 0.6 is 0 Å². The molecule has 0 atom stereocenters. The van der Waals surface area contributed by atoms with Crippen molar-refractivity contribution in [1.82, 2.24) is 15.3 Å². The molecule has 0 aliphatic heterocycles. The fraction of sp³-hybridized carbons (Fsp3) is 0.542.